The first-order chi connectivity index (χ1) is 10.4. The van der Waals surface area contributed by atoms with Crippen LogP contribution in [0.2, 0.25) is 0 Å². The van der Waals surface area contributed by atoms with Crippen LogP contribution in [-0.4, -0.2) is 39.1 Å². The molecule has 0 spiro atoms. The predicted octanol–water partition coefficient (Wildman–Crippen LogP) is 3.12. The Morgan fingerprint density at radius 3 is 2.77 bits per heavy atom. The molecule has 1 aromatic carbocycles. The molecule has 1 atom stereocenters. The van der Waals surface area contributed by atoms with Gasteiger partial charge in [-0.1, -0.05) is 0 Å². The van der Waals surface area contributed by atoms with Gasteiger partial charge in [-0.3, -0.25) is 0 Å². The number of benzene rings is 1. The highest BCUT2D eigenvalue weighted by Gasteiger charge is 2.29. The number of methoxy groups -OCH3 is 1. The molecular weight excluding hydrogens is 414 g/mol. The van der Waals surface area contributed by atoms with Crippen LogP contribution in [0.15, 0.2) is 12.1 Å². The Bertz CT molecular complexity index is 505. The van der Waals surface area contributed by atoms with Crippen LogP contribution in [0.3, 0.4) is 0 Å². The van der Waals surface area contributed by atoms with Gasteiger partial charge < -0.3 is 19.5 Å². The fourth-order valence-electron chi connectivity index (χ4n) is 2.13. The summed E-state index contributed by atoms with van der Waals surface area (Å²) in [6, 6.07) is 3.79. The molecule has 1 aliphatic rings. The zero-order valence-electron chi connectivity index (χ0n) is 12.0. The Balaban J connectivity index is 2.05. The van der Waals surface area contributed by atoms with E-state index in [1.165, 1.54) is 7.11 Å². The van der Waals surface area contributed by atoms with Gasteiger partial charge in [0.15, 0.2) is 18.1 Å². The standard InChI is InChI=1S/C14H17F3INO3/c1-20-12-5-9(6-19-10-2-3-21-7-10)4-11(18)13(12)22-8-14(15,16)17/h4-5,10,19H,2-3,6-8H2,1H3. The lowest BCUT2D eigenvalue weighted by atomic mass is 10.1. The van der Waals surface area contributed by atoms with Crippen LogP contribution in [0.5, 0.6) is 11.5 Å². The largest absolute Gasteiger partial charge is 0.493 e. The molecule has 0 saturated carbocycles. The van der Waals surface area contributed by atoms with E-state index >= 15 is 0 Å². The summed E-state index contributed by atoms with van der Waals surface area (Å²) in [6.45, 7) is 0.695. The van der Waals surface area contributed by atoms with Gasteiger partial charge in [0, 0.05) is 19.2 Å². The van der Waals surface area contributed by atoms with Crippen molar-refractivity contribution >= 4 is 22.6 Å². The molecule has 1 saturated heterocycles. The summed E-state index contributed by atoms with van der Waals surface area (Å²) in [5.41, 5.74) is 0.924. The summed E-state index contributed by atoms with van der Waals surface area (Å²) < 4.78 is 52.8. The minimum atomic E-state index is -4.38. The zero-order valence-corrected chi connectivity index (χ0v) is 14.2. The highest BCUT2D eigenvalue weighted by Crippen LogP contribution is 2.35. The number of hydrogen-bond donors (Lipinski definition) is 1. The van der Waals surface area contributed by atoms with E-state index in [4.69, 9.17) is 14.2 Å². The summed E-state index contributed by atoms with van der Waals surface area (Å²) >= 11 is 1.95. The summed E-state index contributed by atoms with van der Waals surface area (Å²) in [5, 5.41) is 3.35. The Kier molecular flexibility index (Phi) is 6.16. The van der Waals surface area contributed by atoms with E-state index in [0.717, 1.165) is 18.6 Å². The molecule has 2 rings (SSSR count). The molecule has 124 valence electrons. The van der Waals surface area contributed by atoms with Crippen LogP contribution >= 0.6 is 22.6 Å². The quantitative estimate of drug-likeness (QED) is 0.703. The van der Waals surface area contributed by atoms with Gasteiger partial charge in [0.25, 0.3) is 0 Å². The van der Waals surface area contributed by atoms with Gasteiger partial charge in [0.05, 0.1) is 17.3 Å². The molecule has 0 radical (unpaired) electrons. The minimum Gasteiger partial charge on any atom is -0.493 e. The second-order valence-electron chi connectivity index (χ2n) is 4.95. The van der Waals surface area contributed by atoms with Crippen molar-refractivity contribution in [3.8, 4) is 11.5 Å². The second kappa shape index (κ2) is 7.69. The molecule has 22 heavy (non-hydrogen) atoms. The van der Waals surface area contributed by atoms with Crippen molar-refractivity contribution in [1.82, 2.24) is 5.32 Å². The van der Waals surface area contributed by atoms with Gasteiger partial charge >= 0.3 is 6.18 Å². The van der Waals surface area contributed by atoms with E-state index in [1.807, 2.05) is 22.6 Å². The average Bonchev–Trinajstić information content (AvgIpc) is 2.95. The van der Waals surface area contributed by atoms with E-state index in [1.54, 1.807) is 12.1 Å². The fourth-order valence-corrected chi connectivity index (χ4v) is 2.95. The number of nitrogens with one attached hydrogen (secondary N) is 1. The number of ether oxygens (including phenoxy) is 3. The number of halogens is 4. The third-order valence-corrected chi connectivity index (χ3v) is 4.00. The van der Waals surface area contributed by atoms with Crippen molar-refractivity contribution in [3.63, 3.8) is 0 Å². The van der Waals surface area contributed by atoms with Crippen LogP contribution in [0.25, 0.3) is 0 Å². The molecule has 1 N–H and O–H groups in total. The van der Waals surface area contributed by atoms with Gasteiger partial charge in [-0.15, -0.1) is 0 Å². The second-order valence-corrected chi connectivity index (χ2v) is 6.12. The predicted molar refractivity (Wildman–Crippen MR) is 83.3 cm³/mol. The van der Waals surface area contributed by atoms with E-state index in [-0.39, 0.29) is 5.75 Å². The van der Waals surface area contributed by atoms with E-state index in [9.17, 15) is 13.2 Å². The van der Waals surface area contributed by atoms with Crippen LogP contribution in [0.1, 0.15) is 12.0 Å². The molecule has 1 aromatic rings. The number of alkyl halides is 3. The van der Waals surface area contributed by atoms with E-state index in [2.05, 4.69) is 5.32 Å². The van der Waals surface area contributed by atoms with Gasteiger partial charge in [0.1, 0.15) is 0 Å². The lowest BCUT2D eigenvalue weighted by Gasteiger charge is -2.16. The molecule has 0 aromatic heterocycles. The first-order valence-electron chi connectivity index (χ1n) is 6.76. The molecule has 1 heterocycles. The molecule has 8 heteroatoms. The summed E-state index contributed by atoms with van der Waals surface area (Å²) in [5.74, 6) is 0.420. The third kappa shape index (κ3) is 5.17. The Labute approximate surface area is 140 Å². The van der Waals surface area contributed by atoms with Crippen molar-refractivity contribution in [2.24, 2.45) is 0 Å². The third-order valence-electron chi connectivity index (χ3n) is 3.19. The van der Waals surface area contributed by atoms with E-state index < -0.39 is 12.8 Å². The lowest BCUT2D eigenvalue weighted by molar-refractivity contribution is -0.153. The Hall–Kier alpha value is -0.740. The number of rotatable bonds is 6. The Morgan fingerprint density at radius 1 is 1.41 bits per heavy atom. The maximum atomic E-state index is 12.3. The van der Waals surface area contributed by atoms with Crippen LogP contribution in [0, 0.1) is 3.57 Å². The van der Waals surface area contributed by atoms with Crippen molar-refractivity contribution in [1.29, 1.82) is 0 Å². The molecule has 0 bridgehead atoms. The lowest BCUT2D eigenvalue weighted by Crippen LogP contribution is -2.28. The van der Waals surface area contributed by atoms with Crippen LogP contribution in [0.4, 0.5) is 13.2 Å². The number of hydrogen-bond acceptors (Lipinski definition) is 4. The molecule has 0 aliphatic carbocycles. The first kappa shape index (κ1) is 17.6. The monoisotopic (exact) mass is 431 g/mol. The van der Waals surface area contributed by atoms with Gasteiger partial charge in [-0.25, -0.2) is 0 Å². The summed E-state index contributed by atoms with van der Waals surface area (Å²) in [7, 11) is 1.41. The maximum absolute atomic E-state index is 12.3. The summed E-state index contributed by atoms with van der Waals surface area (Å²) in [4.78, 5) is 0. The molecule has 1 unspecified atom stereocenters. The molecule has 4 nitrogen and oxygen atoms in total. The highest BCUT2D eigenvalue weighted by molar-refractivity contribution is 14.1. The topological polar surface area (TPSA) is 39.7 Å². The van der Waals surface area contributed by atoms with Crippen molar-refractivity contribution in [3.05, 3.63) is 21.3 Å². The van der Waals surface area contributed by atoms with Gasteiger partial charge in [-0.05, 0) is 46.7 Å². The maximum Gasteiger partial charge on any atom is 0.422 e. The smallest absolute Gasteiger partial charge is 0.422 e. The van der Waals surface area contributed by atoms with Gasteiger partial charge in [0.2, 0.25) is 0 Å². The fraction of sp³-hybridized carbons (Fsp3) is 0.571. The molecule has 0 amide bonds. The minimum absolute atomic E-state index is 0.119. The van der Waals surface area contributed by atoms with Crippen LogP contribution < -0.4 is 14.8 Å². The first-order valence-corrected chi connectivity index (χ1v) is 7.84. The highest BCUT2D eigenvalue weighted by atomic mass is 127. The van der Waals surface area contributed by atoms with Crippen LogP contribution in [-0.2, 0) is 11.3 Å². The normalized spacial score (nSPS) is 18.5. The van der Waals surface area contributed by atoms with Crippen molar-refractivity contribution < 1.29 is 27.4 Å². The van der Waals surface area contributed by atoms with Gasteiger partial charge in [-0.2, -0.15) is 13.2 Å². The Morgan fingerprint density at radius 2 is 2.18 bits per heavy atom. The molecule has 1 fully saturated rings. The van der Waals surface area contributed by atoms with E-state index in [0.29, 0.717) is 28.5 Å². The SMILES string of the molecule is COc1cc(CNC2CCOC2)cc(I)c1OCC(F)(F)F. The van der Waals surface area contributed by atoms with Crippen molar-refractivity contribution in [2.75, 3.05) is 26.9 Å². The zero-order chi connectivity index (χ0) is 16.2. The molecule has 1 aliphatic heterocycles. The molecular formula is C14H17F3INO3. The van der Waals surface area contributed by atoms with Crippen molar-refractivity contribution in [2.45, 2.75) is 25.2 Å². The summed E-state index contributed by atoms with van der Waals surface area (Å²) in [6.07, 6.45) is -3.42. The average molecular weight is 431 g/mol.